The van der Waals surface area contributed by atoms with Gasteiger partial charge in [0.2, 0.25) is 10.0 Å². The van der Waals surface area contributed by atoms with Gasteiger partial charge in [0, 0.05) is 25.1 Å². The molecule has 2 aromatic heterocycles. The SMILES string of the molecule is CCOCN(C(=O)c1nsc2ccc(-n3c(=O)cc(C(F)(F)F)n(C)c3=O)cc12)S(C)(=O)=O. The van der Waals surface area contributed by atoms with Crippen molar-refractivity contribution in [3.63, 3.8) is 0 Å². The van der Waals surface area contributed by atoms with E-state index >= 15 is 0 Å². The fourth-order valence-electron chi connectivity index (χ4n) is 2.95. The van der Waals surface area contributed by atoms with Crippen LogP contribution in [0.4, 0.5) is 13.2 Å². The van der Waals surface area contributed by atoms with Crippen LogP contribution in [0.1, 0.15) is 23.1 Å². The lowest BCUT2D eigenvalue weighted by Gasteiger charge is -2.19. The van der Waals surface area contributed by atoms with E-state index in [-0.39, 0.29) is 34.0 Å². The molecule has 0 aliphatic carbocycles. The number of hydrogen-bond donors (Lipinski definition) is 0. The summed E-state index contributed by atoms with van der Waals surface area (Å²) in [6.45, 7) is 1.20. The Morgan fingerprint density at radius 3 is 2.48 bits per heavy atom. The molecule has 15 heteroatoms. The molecule has 0 atom stereocenters. The predicted octanol–water partition coefficient (Wildman–Crippen LogP) is 1.56. The molecule has 0 aliphatic heterocycles. The van der Waals surface area contributed by atoms with Crippen LogP contribution >= 0.6 is 11.5 Å². The van der Waals surface area contributed by atoms with Gasteiger partial charge in [-0.2, -0.15) is 17.5 Å². The van der Waals surface area contributed by atoms with Crippen molar-refractivity contribution in [2.45, 2.75) is 13.1 Å². The average molecular weight is 506 g/mol. The van der Waals surface area contributed by atoms with E-state index in [1.165, 1.54) is 18.2 Å². The van der Waals surface area contributed by atoms with Crippen LogP contribution in [0, 0.1) is 0 Å². The number of sulfonamides is 1. The van der Waals surface area contributed by atoms with Crippen molar-refractivity contribution in [3.8, 4) is 5.69 Å². The molecule has 0 N–H and O–H groups in total. The molecule has 178 valence electrons. The van der Waals surface area contributed by atoms with Gasteiger partial charge in [-0.15, -0.1) is 0 Å². The summed E-state index contributed by atoms with van der Waals surface area (Å²) in [5.74, 6) is -0.998. The first kappa shape index (κ1) is 24.6. The molecule has 3 aromatic rings. The molecular formula is C18H17F3N4O6S2. The number of carbonyl (C=O) groups is 1. The lowest BCUT2D eigenvalue weighted by molar-refractivity contribution is -0.144. The Bertz CT molecular complexity index is 1460. The highest BCUT2D eigenvalue weighted by atomic mass is 32.2. The quantitative estimate of drug-likeness (QED) is 0.465. The number of nitrogens with zero attached hydrogens (tertiary/aromatic N) is 4. The van der Waals surface area contributed by atoms with Crippen LogP contribution < -0.4 is 11.2 Å². The van der Waals surface area contributed by atoms with Gasteiger partial charge < -0.3 is 4.74 Å². The molecule has 0 saturated carbocycles. The molecule has 1 amide bonds. The minimum absolute atomic E-state index is 0.112. The topological polar surface area (TPSA) is 121 Å². The predicted molar refractivity (Wildman–Crippen MR) is 113 cm³/mol. The number of benzene rings is 1. The Morgan fingerprint density at radius 1 is 1.24 bits per heavy atom. The lowest BCUT2D eigenvalue weighted by atomic mass is 10.2. The summed E-state index contributed by atoms with van der Waals surface area (Å²) in [7, 11) is -3.15. The van der Waals surface area contributed by atoms with Gasteiger partial charge in [-0.05, 0) is 36.7 Å². The number of fused-ring (bicyclic) bond motifs is 1. The highest BCUT2D eigenvalue weighted by Crippen LogP contribution is 2.28. The Morgan fingerprint density at radius 2 is 1.91 bits per heavy atom. The largest absolute Gasteiger partial charge is 0.431 e. The van der Waals surface area contributed by atoms with Crippen LogP contribution in [0.15, 0.2) is 33.9 Å². The minimum atomic E-state index is -4.91. The fourth-order valence-corrected chi connectivity index (χ4v) is 4.36. The summed E-state index contributed by atoms with van der Waals surface area (Å²) in [5.41, 5.74) is -4.29. The molecule has 10 nitrogen and oxygen atoms in total. The first-order chi connectivity index (χ1) is 15.3. The Balaban J connectivity index is 2.18. The maximum absolute atomic E-state index is 13.1. The van der Waals surface area contributed by atoms with Crippen molar-refractivity contribution in [3.05, 3.63) is 56.5 Å². The van der Waals surface area contributed by atoms with E-state index in [0.29, 0.717) is 13.6 Å². The normalized spacial score (nSPS) is 12.3. The number of ether oxygens (including phenoxy) is 1. The molecule has 3 rings (SSSR count). The van der Waals surface area contributed by atoms with Gasteiger partial charge in [0.1, 0.15) is 12.4 Å². The zero-order valence-corrected chi connectivity index (χ0v) is 19.0. The van der Waals surface area contributed by atoms with Gasteiger partial charge in [0.05, 0.1) is 16.6 Å². The van der Waals surface area contributed by atoms with Crippen molar-refractivity contribution in [2.24, 2.45) is 7.05 Å². The molecule has 0 bridgehead atoms. The van der Waals surface area contributed by atoms with E-state index < -0.39 is 45.8 Å². The van der Waals surface area contributed by atoms with Crippen molar-refractivity contribution in [1.82, 2.24) is 17.8 Å². The fraction of sp³-hybridized carbons (Fsp3) is 0.333. The maximum Gasteiger partial charge on any atom is 0.431 e. The van der Waals surface area contributed by atoms with Crippen LogP contribution in [0.2, 0.25) is 0 Å². The monoisotopic (exact) mass is 506 g/mol. The molecule has 0 spiro atoms. The second-order valence-electron chi connectivity index (χ2n) is 6.79. The third-order valence-electron chi connectivity index (χ3n) is 4.56. The number of halogens is 3. The lowest BCUT2D eigenvalue weighted by Crippen LogP contribution is -2.40. The minimum Gasteiger partial charge on any atom is -0.360 e. The van der Waals surface area contributed by atoms with Gasteiger partial charge in [-0.25, -0.2) is 22.1 Å². The first-order valence-electron chi connectivity index (χ1n) is 9.17. The van der Waals surface area contributed by atoms with Crippen molar-refractivity contribution in [2.75, 3.05) is 19.6 Å². The van der Waals surface area contributed by atoms with Crippen LogP contribution in [0.3, 0.4) is 0 Å². The number of aromatic nitrogens is 3. The molecule has 1 aromatic carbocycles. The second-order valence-corrected chi connectivity index (χ2v) is 9.50. The van der Waals surface area contributed by atoms with Crippen molar-refractivity contribution in [1.29, 1.82) is 0 Å². The molecule has 0 unspecified atom stereocenters. The summed E-state index contributed by atoms with van der Waals surface area (Å²) < 4.78 is 74.1. The van der Waals surface area contributed by atoms with Crippen LogP contribution in [0.25, 0.3) is 15.8 Å². The highest BCUT2D eigenvalue weighted by molar-refractivity contribution is 7.88. The van der Waals surface area contributed by atoms with Gasteiger partial charge in [0.15, 0.2) is 5.69 Å². The van der Waals surface area contributed by atoms with E-state index in [1.807, 2.05) is 0 Å². The van der Waals surface area contributed by atoms with Gasteiger partial charge in [0.25, 0.3) is 11.5 Å². The first-order valence-corrected chi connectivity index (χ1v) is 11.8. The van der Waals surface area contributed by atoms with Crippen LogP contribution in [0.5, 0.6) is 0 Å². The third-order valence-corrected chi connectivity index (χ3v) is 6.46. The molecule has 2 heterocycles. The van der Waals surface area contributed by atoms with Gasteiger partial charge in [-0.3, -0.25) is 14.2 Å². The molecule has 0 fully saturated rings. The second kappa shape index (κ2) is 8.72. The van der Waals surface area contributed by atoms with Crippen LogP contribution in [-0.4, -0.2) is 51.7 Å². The summed E-state index contributed by atoms with van der Waals surface area (Å²) in [4.78, 5) is 37.8. The average Bonchev–Trinajstić information content (AvgIpc) is 3.12. The Kier molecular flexibility index (Phi) is 6.50. The molecule has 0 saturated heterocycles. The van der Waals surface area contributed by atoms with E-state index in [0.717, 1.165) is 24.8 Å². The standard InChI is InChI=1S/C18H17F3N4O6S2/c1-4-31-9-24(33(3,29)30)16(27)15-11-7-10(5-6-12(11)32-22-15)25-14(26)8-13(18(19,20)21)23(2)17(25)28/h5-8H,4,9H2,1-3H3. The molecule has 0 aliphatic rings. The Hall–Kier alpha value is -3.04. The van der Waals surface area contributed by atoms with Crippen molar-refractivity contribution < 1.29 is 31.1 Å². The molecule has 33 heavy (non-hydrogen) atoms. The van der Waals surface area contributed by atoms with Crippen LogP contribution in [-0.2, 0) is 28.0 Å². The molecular weight excluding hydrogens is 489 g/mol. The summed E-state index contributed by atoms with van der Waals surface area (Å²) in [5, 5.41) is 0.112. The van der Waals surface area contributed by atoms with E-state index in [1.54, 1.807) is 6.92 Å². The van der Waals surface area contributed by atoms with Gasteiger partial charge in [-0.1, -0.05) is 0 Å². The zero-order chi connectivity index (χ0) is 24.7. The smallest absolute Gasteiger partial charge is 0.360 e. The van der Waals surface area contributed by atoms with E-state index in [9.17, 15) is 36.0 Å². The Labute approximate surface area is 188 Å². The van der Waals surface area contributed by atoms with Gasteiger partial charge >= 0.3 is 11.9 Å². The number of amides is 1. The molecule has 0 radical (unpaired) electrons. The summed E-state index contributed by atoms with van der Waals surface area (Å²) in [6.07, 6.45) is -4.10. The summed E-state index contributed by atoms with van der Waals surface area (Å²) in [6, 6.07) is 4.22. The highest BCUT2D eigenvalue weighted by Gasteiger charge is 2.35. The number of hydrogen-bond acceptors (Lipinski definition) is 8. The van der Waals surface area contributed by atoms with E-state index in [4.69, 9.17) is 4.74 Å². The van der Waals surface area contributed by atoms with E-state index in [2.05, 4.69) is 4.37 Å². The van der Waals surface area contributed by atoms with Crippen molar-refractivity contribution >= 4 is 37.5 Å². The number of carbonyl (C=O) groups excluding carboxylic acids is 1. The third kappa shape index (κ3) is 4.69. The number of rotatable bonds is 6. The zero-order valence-electron chi connectivity index (χ0n) is 17.4. The maximum atomic E-state index is 13.1. The number of alkyl halides is 3. The summed E-state index contributed by atoms with van der Waals surface area (Å²) >= 11 is 0.863.